The van der Waals surface area contributed by atoms with Crippen LogP contribution in [-0.4, -0.2) is 47.2 Å². The molecule has 3 heterocycles. The molecular weight excluding hydrogens is 436 g/mol. The number of rotatable bonds is 6. The number of β-amino-alcohol motifs (C(OH)–C–C–N with tert-alkyl or cyclic N) is 1. The Bertz CT molecular complexity index is 1280. The zero-order valence-electron chi connectivity index (χ0n) is 17.8. The molecule has 164 valence electrons. The highest BCUT2D eigenvalue weighted by atomic mass is 32.2. The molecule has 1 fully saturated rings. The number of nitriles is 2. The predicted octanol–water partition coefficient (Wildman–Crippen LogP) is 2.72. The van der Waals surface area contributed by atoms with Crippen molar-refractivity contribution in [2.24, 2.45) is 0 Å². The van der Waals surface area contributed by atoms with Crippen LogP contribution in [0.25, 0.3) is 11.1 Å². The lowest BCUT2D eigenvalue weighted by Gasteiger charge is -2.37. The Hall–Kier alpha value is -3.92. The number of thioether (sulfide) groups is 1. The smallest absolute Gasteiger partial charge is 0.269 e. The van der Waals surface area contributed by atoms with E-state index < -0.39 is 6.10 Å². The summed E-state index contributed by atoms with van der Waals surface area (Å²) < 4.78 is 0. The Labute approximate surface area is 195 Å². The Morgan fingerprint density at radius 1 is 1.21 bits per heavy atom. The third kappa shape index (κ3) is 4.51. The van der Waals surface area contributed by atoms with Crippen molar-refractivity contribution in [3.8, 4) is 23.3 Å². The monoisotopic (exact) mass is 456 g/mol. The van der Waals surface area contributed by atoms with E-state index in [9.17, 15) is 20.4 Å². The first-order valence-corrected chi connectivity index (χ1v) is 11.2. The lowest BCUT2D eigenvalue weighted by molar-refractivity contribution is 0.0958. The van der Waals surface area contributed by atoms with Crippen molar-refractivity contribution in [3.05, 3.63) is 71.0 Å². The van der Waals surface area contributed by atoms with Crippen LogP contribution in [0, 0.1) is 22.7 Å². The molecule has 4 rings (SSSR count). The number of amides is 1. The fraction of sp³-hybridized carbons (Fsp3) is 0.208. The molecule has 8 nitrogen and oxygen atoms in total. The first kappa shape index (κ1) is 22.3. The highest BCUT2D eigenvalue weighted by molar-refractivity contribution is 7.98. The van der Waals surface area contributed by atoms with E-state index in [0.29, 0.717) is 52.1 Å². The lowest BCUT2D eigenvalue weighted by atomic mass is 9.96. The van der Waals surface area contributed by atoms with Crippen LogP contribution in [0.1, 0.15) is 27.2 Å². The first-order chi connectivity index (χ1) is 16.0. The summed E-state index contributed by atoms with van der Waals surface area (Å²) >= 11 is 1.36. The van der Waals surface area contributed by atoms with Crippen molar-refractivity contribution in [3.63, 3.8) is 0 Å². The van der Waals surface area contributed by atoms with Gasteiger partial charge in [-0.15, -0.1) is 11.8 Å². The summed E-state index contributed by atoms with van der Waals surface area (Å²) in [5.41, 5.74) is 3.10. The molecule has 9 heteroatoms. The standard InChI is InChI=1S/C24H20N6O2S/c1-27-23(32)20-9-15(7-8-28-20)14-33-24-19(11-26)21(16-5-3-2-4-6-16)18(10-25)22(29-24)30-12-17(31)13-30/h2-9,17,31H,12-14H2,1H3,(H,27,32). The first-order valence-electron chi connectivity index (χ1n) is 10.2. The number of anilines is 1. The third-order valence-corrected chi connectivity index (χ3v) is 6.30. The number of aromatic nitrogens is 2. The van der Waals surface area contributed by atoms with Crippen LogP contribution in [0.3, 0.4) is 0 Å². The summed E-state index contributed by atoms with van der Waals surface area (Å²) in [4.78, 5) is 22.5. The van der Waals surface area contributed by atoms with Gasteiger partial charge >= 0.3 is 0 Å². The van der Waals surface area contributed by atoms with E-state index in [1.165, 1.54) is 11.8 Å². The van der Waals surface area contributed by atoms with Gasteiger partial charge in [-0.05, 0) is 23.3 Å². The Morgan fingerprint density at radius 3 is 2.58 bits per heavy atom. The lowest BCUT2D eigenvalue weighted by Crippen LogP contribution is -2.51. The number of aliphatic hydroxyl groups is 1. The summed E-state index contributed by atoms with van der Waals surface area (Å²) in [6, 6.07) is 17.3. The third-order valence-electron chi connectivity index (χ3n) is 5.25. The molecule has 0 spiro atoms. The van der Waals surface area contributed by atoms with Crippen LogP contribution in [0.2, 0.25) is 0 Å². The molecule has 3 aromatic rings. The van der Waals surface area contributed by atoms with E-state index in [4.69, 9.17) is 0 Å². The van der Waals surface area contributed by atoms with Crippen molar-refractivity contribution in [2.45, 2.75) is 16.9 Å². The quantitative estimate of drug-likeness (QED) is 0.542. The highest BCUT2D eigenvalue weighted by Crippen LogP contribution is 2.39. The van der Waals surface area contributed by atoms with Gasteiger partial charge in [-0.2, -0.15) is 10.5 Å². The zero-order chi connectivity index (χ0) is 23.4. The molecule has 0 aliphatic carbocycles. The Kier molecular flexibility index (Phi) is 6.55. The summed E-state index contributed by atoms with van der Waals surface area (Å²) in [7, 11) is 1.55. The van der Waals surface area contributed by atoms with Crippen molar-refractivity contribution >= 4 is 23.5 Å². The van der Waals surface area contributed by atoms with Crippen LogP contribution in [-0.2, 0) is 5.75 Å². The van der Waals surface area contributed by atoms with Gasteiger partial charge in [0.25, 0.3) is 5.91 Å². The van der Waals surface area contributed by atoms with Crippen LogP contribution in [0.5, 0.6) is 0 Å². The second-order valence-electron chi connectivity index (χ2n) is 7.43. The van der Waals surface area contributed by atoms with E-state index >= 15 is 0 Å². The minimum atomic E-state index is -0.467. The minimum absolute atomic E-state index is 0.277. The molecule has 1 saturated heterocycles. The maximum Gasteiger partial charge on any atom is 0.269 e. The van der Waals surface area contributed by atoms with Gasteiger partial charge in [0.1, 0.15) is 34.2 Å². The van der Waals surface area contributed by atoms with E-state index in [1.807, 2.05) is 35.2 Å². The molecule has 2 aromatic heterocycles. The summed E-state index contributed by atoms with van der Waals surface area (Å²) in [6.07, 6.45) is 1.10. The second-order valence-corrected chi connectivity index (χ2v) is 8.40. The number of hydrogen-bond acceptors (Lipinski definition) is 8. The van der Waals surface area contributed by atoms with Crippen molar-refractivity contribution in [2.75, 3.05) is 25.0 Å². The maximum atomic E-state index is 11.9. The summed E-state index contributed by atoms with van der Waals surface area (Å²) in [5, 5.41) is 32.9. The van der Waals surface area contributed by atoms with Gasteiger partial charge in [-0.3, -0.25) is 9.78 Å². The molecular formula is C24H20N6O2S. The molecule has 1 amide bonds. The predicted molar refractivity (Wildman–Crippen MR) is 125 cm³/mol. The molecule has 1 aliphatic rings. The van der Waals surface area contributed by atoms with Crippen LogP contribution < -0.4 is 10.2 Å². The van der Waals surface area contributed by atoms with Crippen molar-refractivity contribution in [1.82, 2.24) is 15.3 Å². The number of nitrogens with zero attached hydrogens (tertiary/aromatic N) is 5. The number of carbonyl (C=O) groups is 1. The van der Waals surface area contributed by atoms with E-state index in [2.05, 4.69) is 27.4 Å². The van der Waals surface area contributed by atoms with Crippen molar-refractivity contribution < 1.29 is 9.90 Å². The number of aliphatic hydroxyl groups excluding tert-OH is 1. The molecule has 1 aliphatic heterocycles. The van der Waals surface area contributed by atoms with E-state index in [1.54, 1.807) is 25.4 Å². The number of carbonyl (C=O) groups excluding carboxylic acids is 1. The number of pyridine rings is 2. The SMILES string of the molecule is CNC(=O)c1cc(CSc2nc(N3CC(O)C3)c(C#N)c(-c3ccccc3)c2C#N)ccn1. The fourth-order valence-corrected chi connectivity index (χ4v) is 4.51. The van der Waals surface area contributed by atoms with Gasteiger partial charge in [-0.25, -0.2) is 4.98 Å². The van der Waals surface area contributed by atoms with Crippen LogP contribution in [0.15, 0.2) is 53.7 Å². The number of benzene rings is 1. The van der Waals surface area contributed by atoms with Gasteiger partial charge in [0, 0.05) is 37.7 Å². The zero-order valence-corrected chi connectivity index (χ0v) is 18.6. The molecule has 0 atom stereocenters. The maximum absolute atomic E-state index is 11.9. The van der Waals surface area contributed by atoms with Crippen LogP contribution >= 0.6 is 11.8 Å². The molecule has 1 aromatic carbocycles. The van der Waals surface area contributed by atoms with E-state index in [-0.39, 0.29) is 5.91 Å². The Balaban J connectivity index is 1.78. The summed E-state index contributed by atoms with van der Waals surface area (Å²) in [5.74, 6) is 0.640. The molecule has 0 radical (unpaired) electrons. The Morgan fingerprint density at radius 2 is 1.94 bits per heavy atom. The van der Waals surface area contributed by atoms with Gasteiger partial charge in [0.15, 0.2) is 0 Å². The second kappa shape index (κ2) is 9.70. The van der Waals surface area contributed by atoms with Crippen LogP contribution in [0.4, 0.5) is 5.82 Å². The number of nitrogens with one attached hydrogen (secondary N) is 1. The normalized spacial score (nSPS) is 13.0. The number of hydrogen-bond donors (Lipinski definition) is 2. The molecule has 0 saturated carbocycles. The average molecular weight is 457 g/mol. The average Bonchev–Trinajstić information content (AvgIpc) is 2.84. The molecule has 0 unspecified atom stereocenters. The molecule has 2 N–H and O–H groups in total. The van der Waals surface area contributed by atoms with Gasteiger partial charge in [-0.1, -0.05) is 30.3 Å². The van der Waals surface area contributed by atoms with Gasteiger partial charge < -0.3 is 15.3 Å². The minimum Gasteiger partial charge on any atom is -0.389 e. The highest BCUT2D eigenvalue weighted by Gasteiger charge is 2.31. The molecule has 33 heavy (non-hydrogen) atoms. The largest absolute Gasteiger partial charge is 0.389 e. The van der Waals surface area contributed by atoms with Gasteiger partial charge in [0.05, 0.1) is 11.7 Å². The van der Waals surface area contributed by atoms with Crippen molar-refractivity contribution in [1.29, 1.82) is 10.5 Å². The summed E-state index contributed by atoms with van der Waals surface area (Å²) in [6.45, 7) is 0.761. The van der Waals surface area contributed by atoms with E-state index in [0.717, 1.165) is 11.1 Å². The molecule has 0 bridgehead atoms. The fourth-order valence-electron chi connectivity index (χ4n) is 3.58. The van der Waals surface area contributed by atoms with Gasteiger partial charge in [0.2, 0.25) is 0 Å². The topological polar surface area (TPSA) is 126 Å².